The van der Waals surface area contributed by atoms with E-state index >= 15 is 0 Å². The van der Waals surface area contributed by atoms with Crippen LogP contribution in [0.15, 0.2) is 30.3 Å². The van der Waals surface area contributed by atoms with Crippen LogP contribution in [0.3, 0.4) is 0 Å². The van der Waals surface area contributed by atoms with E-state index in [0.717, 1.165) is 50.5 Å². The summed E-state index contributed by atoms with van der Waals surface area (Å²) in [5.74, 6) is 0.0460. The zero-order valence-electron chi connectivity index (χ0n) is 14.8. The Bertz CT molecular complexity index is 578. The highest BCUT2D eigenvalue weighted by atomic mass is 16.5. The molecular weight excluding hydrogens is 316 g/mol. The van der Waals surface area contributed by atoms with Gasteiger partial charge in [0.2, 0.25) is 11.8 Å². The second-order valence-electron chi connectivity index (χ2n) is 7.32. The highest BCUT2D eigenvalue weighted by Crippen LogP contribution is 2.38. The number of hydrogen-bond acceptors (Lipinski definition) is 3. The Balaban J connectivity index is 1.31. The van der Waals surface area contributed by atoms with Gasteiger partial charge in [-0.15, -0.1) is 0 Å². The predicted octanol–water partition coefficient (Wildman–Crippen LogP) is 2.55. The highest BCUT2D eigenvalue weighted by Gasteiger charge is 2.43. The number of benzene rings is 1. The van der Waals surface area contributed by atoms with Gasteiger partial charge in [-0.1, -0.05) is 43.2 Å². The van der Waals surface area contributed by atoms with Crippen molar-refractivity contribution in [3.05, 3.63) is 35.9 Å². The van der Waals surface area contributed by atoms with E-state index in [4.69, 9.17) is 4.74 Å². The maximum Gasteiger partial charge on any atom is 0.239 e. The summed E-state index contributed by atoms with van der Waals surface area (Å²) in [4.78, 5) is 24.1. The van der Waals surface area contributed by atoms with Crippen LogP contribution in [-0.4, -0.2) is 30.5 Å². The van der Waals surface area contributed by atoms with Crippen LogP contribution >= 0.6 is 0 Å². The molecule has 1 aromatic carbocycles. The summed E-state index contributed by atoms with van der Waals surface area (Å²) in [7, 11) is 0. The van der Waals surface area contributed by atoms with E-state index in [1.807, 2.05) is 30.3 Å². The van der Waals surface area contributed by atoms with Crippen LogP contribution in [0.25, 0.3) is 0 Å². The van der Waals surface area contributed by atoms with Gasteiger partial charge in [-0.2, -0.15) is 0 Å². The lowest BCUT2D eigenvalue weighted by atomic mass is 10.1. The van der Waals surface area contributed by atoms with Crippen LogP contribution in [0.4, 0.5) is 0 Å². The van der Waals surface area contributed by atoms with Crippen LogP contribution in [-0.2, 0) is 20.9 Å². The number of ether oxygens (including phenoxy) is 1. The van der Waals surface area contributed by atoms with Crippen molar-refractivity contribution in [1.29, 1.82) is 0 Å². The first-order chi connectivity index (χ1) is 12.2. The Kier molecular flexibility index (Phi) is 6.08. The molecule has 2 amide bonds. The Hall–Kier alpha value is -1.88. The third-order valence-electron chi connectivity index (χ3n) is 5.24. The SMILES string of the molecule is O=C(CNC(=O)C1CCCC1)NC1(CCOCc2ccccc2)CC1. The van der Waals surface area contributed by atoms with Crippen molar-refractivity contribution in [2.24, 2.45) is 5.92 Å². The average molecular weight is 344 g/mol. The van der Waals surface area contributed by atoms with E-state index in [1.54, 1.807) is 0 Å². The molecule has 2 aliphatic carbocycles. The number of carbonyl (C=O) groups excluding carboxylic acids is 2. The number of nitrogens with one attached hydrogen (secondary N) is 2. The lowest BCUT2D eigenvalue weighted by Crippen LogP contribution is -2.44. The monoisotopic (exact) mass is 344 g/mol. The van der Waals surface area contributed by atoms with Gasteiger partial charge < -0.3 is 15.4 Å². The molecule has 0 spiro atoms. The molecule has 0 heterocycles. The number of carbonyl (C=O) groups is 2. The minimum atomic E-state index is -0.119. The lowest BCUT2D eigenvalue weighted by Gasteiger charge is -2.18. The van der Waals surface area contributed by atoms with Gasteiger partial charge in [0, 0.05) is 18.1 Å². The maximum absolute atomic E-state index is 12.1. The summed E-state index contributed by atoms with van der Waals surface area (Å²) in [6.45, 7) is 1.31. The minimum Gasteiger partial charge on any atom is -0.377 e. The Morgan fingerprint density at radius 1 is 1.12 bits per heavy atom. The Morgan fingerprint density at radius 2 is 1.84 bits per heavy atom. The normalized spacial score (nSPS) is 18.7. The van der Waals surface area contributed by atoms with Crippen LogP contribution < -0.4 is 10.6 Å². The van der Waals surface area contributed by atoms with Gasteiger partial charge in [-0.3, -0.25) is 9.59 Å². The summed E-state index contributed by atoms with van der Waals surface area (Å²) in [5, 5.41) is 5.86. The van der Waals surface area contributed by atoms with Crippen molar-refractivity contribution in [1.82, 2.24) is 10.6 Å². The molecule has 0 aliphatic heterocycles. The van der Waals surface area contributed by atoms with Gasteiger partial charge in [-0.25, -0.2) is 0 Å². The third-order valence-corrected chi connectivity index (χ3v) is 5.24. The predicted molar refractivity (Wildman–Crippen MR) is 95.8 cm³/mol. The van der Waals surface area contributed by atoms with Crippen LogP contribution in [0, 0.1) is 5.92 Å². The Morgan fingerprint density at radius 3 is 2.52 bits per heavy atom. The summed E-state index contributed by atoms with van der Waals surface area (Å²) < 4.78 is 5.72. The van der Waals surface area contributed by atoms with Crippen molar-refractivity contribution < 1.29 is 14.3 Å². The molecule has 0 aromatic heterocycles. The van der Waals surface area contributed by atoms with E-state index in [0.29, 0.717) is 13.2 Å². The molecule has 2 aliphatic rings. The van der Waals surface area contributed by atoms with Crippen LogP contribution in [0.5, 0.6) is 0 Å². The molecule has 0 atom stereocenters. The first-order valence-corrected chi connectivity index (χ1v) is 9.37. The molecule has 25 heavy (non-hydrogen) atoms. The molecule has 136 valence electrons. The molecule has 2 saturated carbocycles. The number of amides is 2. The fourth-order valence-corrected chi connectivity index (χ4v) is 3.46. The summed E-state index contributed by atoms with van der Waals surface area (Å²) >= 11 is 0. The van der Waals surface area contributed by atoms with Gasteiger partial charge in [0.25, 0.3) is 0 Å². The molecule has 0 radical (unpaired) electrons. The molecule has 2 fully saturated rings. The van der Waals surface area contributed by atoms with Gasteiger partial charge >= 0.3 is 0 Å². The van der Waals surface area contributed by atoms with E-state index in [2.05, 4.69) is 10.6 Å². The summed E-state index contributed by atoms with van der Waals surface area (Å²) in [5.41, 5.74) is 1.04. The first kappa shape index (κ1) is 17.9. The fraction of sp³-hybridized carbons (Fsp3) is 0.600. The van der Waals surface area contributed by atoms with Gasteiger partial charge in [-0.05, 0) is 37.7 Å². The molecule has 2 N–H and O–H groups in total. The molecule has 1 aromatic rings. The minimum absolute atomic E-state index is 0.0312. The molecule has 0 saturated heterocycles. The molecule has 5 nitrogen and oxygen atoms in total. The number of hydrogen-bond donors (Lipinski definition) is 2. The van der Waals surface area contributed by atoms with Gasteiger partial charge in [0.1, 0.15) is 0 Å². The molecule has 0 unspecified atom stereocenters. The van der Waals surface area contributed by atoms with Crippen LogP contribution in [0.1, 0.15) is 50.5 Å². The Labute approximate surface area is 149 Å². The van der Waals surface area contributed by atoms with Crippen molar-refractivity contribution in [2.75, 3.05) is 13.2 Å². The maximum atomic E-state index is 12.1. The van der Waals surface area contributed by atoms with Gasteiger partial charge in [0.15, 0.2) is 0 Å². The fourth-order valence-electron chi connectivity index (χ4n) is 3.46. The van der Waals surface area contributed by atoms with Crippen molar-refractivity contribution >= 4 is 11.8 Å². The second kappa shape index (κ2) is 8.48. The average Bonchev–Trinajstić information content (AvgIpc) is 3.16. The topological polar surface area (TPSA) is 67.4 Å². The van der Waals surface area contributed by atoms with E-state index in [-0.39, 0.29) is 29.8 Å². The third kappa shape index (κ3) is 5.56. The molecule has 0 bridgehead atoms. The van der Waals surface area contributed by atoms with Crippen molar-refractivity contribution in [2.45, 2.75) is 57.1 Å². The van der Waals surface area contributed by atoms with Crippen LogP contribution in [0.2, 0.25) is 0 Å². The van der Waals surface area contributed by atoms with Crippen molar-refractivity contribution in [3.63, 3.8) is 0 Å². The standard InChI is InChI=1S/C20H28N2O3/c23-18(14-21-19(24)17-8-4-5-9-17)22-20(10-11-20)12-13-25-15-16-6-2-1-3-7-16/h1-3,6-7,17H,4-5,8-15H2,(H,21,24)(H,22,23). The summed E-state index contributed by atoms with van der Waals surface area (Å²) in [6, 6.07) is 10.1. The first-order valence-electron chi connectivity index (χ1n) is 9.37. The quantitative estimate of drug-likeness (QED) is 0.677. The zero-order chi connectivity index (χ0) is 17.5. The van der Waals surface area contributed by atoms with E-state index in [1.165, 1.54) is 0 Å². The summed E-state index contributed by atoms with van der Waals surface area (Å²) in [6.07, 6.45) is 6.95. The van der Waals surface area contributed by atoms with E-state index < -0.39 is 0 Å². The highest BCUT2D eigenvalue weighted by molar-refractivity contribution is 5.86. The number of rotatable bonds is 9. The smallest absolute Gasteiger partial charge is 0.239 e. The van der Waals surface area contributed by atoms with Gasteiger partial charge in [0.05, 0.1) is 13.2 Å². The largest absolute Gasteiger partial charge is 0.377 e. The second-order valence-corrected chi connectivity index (χ2v) is 7.32. The molecule has 5 heteroatoms. The zero-order valence-corrected chi connectivity index (χ0v) is 14.8. The van der Waals surface area contributed by atoms with E-state index in [9.17, 15) is 9.59 Å². The molecular formula is C20H28N2O3. The lowest BCUT2D eigenvalue weighted by molar-refractivity contribution is -0.128. The molecule has 3 rings (SSSR count). The van der Waals surface area contributed by atoms with Crippen molar-refractivity contribution in [3.8, 4) is 0 Å².